The fourth-order valence-electron chi connectivity index (χ4n) is 1.64. The van der Waals surface area contributed by atoms with Gasteiger partial charge in [0.1, 0.15) is 17.6 Å². The minimum atomic E-state index is -0.546. The highest BCUT2D eigenvalue weighted by atomic mass is 35.5. The van der Waals surface area contributed by atoms with Crippen LogP contribution in [0.5, 0.6) is 0 Å². The van der Waals surface area contributed by atoms with Crippen molar-refractivity contribution >= 4 is 29.7 Å². The van der Waals surface area contributed by atoms with Crippen molar-refractivity contribution in [2.45, 2.75) is 0 Å². The number of rotatable bonds is 4. The number of benzene rings is 1. The third kappa shape index (κ3) is 3.16. The van der Waals surface area contributed by atoms with Crippen LogP contribution in [0.15, 0.2) is 40.3 Å². The van der Waals surface area contributed by atoms with Gasteiger partial charge >= 0.3 is 0 Å². The Morgan fingerprint density at radius 1 is 1.38 bits per heavy atom. The van der Waals surface area contributed by atoms with E-state index in [2.05, 4.69) is 0 Å². The predicted octanol–water partition coefficient (Wildman–Crippen LogP) is 3.61. The summed E-state index contributed by atoms with van der Waals surface area (Å²) in [6, 6.07) is 8.88. The molecule has 1 heterocycles. The molecule has 0 unspecified atom stereocenters. The average molecular weight is 303 g/mol. The van der Waals surface area contributed by atoms with E-state index in [-0.39, 0.29) is 16.3 Å². The third-order valence-electron chi connectivity index (χ3n) is 2.61. The van der Waals surface area contributed by atoms with E-state index in [9.17, 15) is 14.9 Å². The Hall–Kier alpha value is -2.91. The van der Waals surface area contributed by atoms with Gasteiger partial charge in [0.05, 0.1) is 15.5 Å². The van der Waals surface area contributed by atoms with Gasteiger partial charge in [-0.25, -0.2) is 0 Å². The minimum Gasteiger partial charge on any atom is -0.457 e. The molecule has 0 N–H and O–H groups in total. The van der Waals surface area contributed by atoms with E-state index < -0.39 is 4.92 Å². The zero-order chi connectivity index (χ0) is 15.4. The number of aldehydes is 1. The molecule has 1 aromatic carbocycles. The van der Waals surface area contributed by atoms with Crippen molar-refractivity contribution in [2.75, 3.05) is 0 Å². The molecule has 0 aliphatic rings. The molecule has 0 saturated heterocycles. The van der Waals surface area contributed by atoms with E-state index in [1.54, 1.807) is 18.2 Å². The van der Waals surface area contributed by atoms with E-state index in [4.69, 9.17) is 21.3 Å². The Kier molecular flexibility index (Phi) is 4.16. The number of carbonyl (C=O) groups is 1. The van der Waals surface area contributed by atoms with Crippen LogP contribution in [0.1, 0.15) is 5.76 Å². The van der Waals surface area contributed by atoms with E-state index >= 15 is 0 Å². The summed E-state index contributed by atoms with van der Waals surface area (Å²) in [7, 11) is 0. The molecule has 6 nitrogen and oxygen atoms in total. The molecule has 21 heavy (non-hydrogen) atoms. The molecule has 104 valence electrons. The van der Waals surface area contributed by atoms with Crippen LogP contribution in [0.2, 0.25) is 5.02 Å². The number of nitro groups is 1. The molecule has 0 atom stereocenters. The predicted molar refractivity (Wildman–Crippen MR) is 75.5 cm³/mol. The quantitative estimate of drug-likeness (QED) is 0.282. The number of hydrogen-bond donors (Lipinski definition) is 0. The first kappa shape index (κ1) is 14.5. The summed E-state index contributed by atoms with van der Waals surface area (Å²) in [5.41, 5.74) is 0.278. The number of nitro benzene ring substituents is 1. The largest absolute Gasteiger partial charge is 0.457 e. The number of carbonyl (C=O) groups excluding carboxylic acids is 1. The van der Waals surface area contributed by atoms with E-state index in [1.807, 2.05) is 0 Å². The summed E-state index contributed by atoms with van der Waals surface area (Å²) >= 11 is 5.99. The maximum absolute atomic E-state index is 10.6. The van der Waals surface area contributed by atoms with Gasteiger partial charge < -0.3 is 4.42 Å². The lowest BCUT2D eigenvalue weighted by molar-refractivity contribution is -0.384. The van der Waals surface area contributed by atoms with Crippen LogP contribution < -0.4 is 0 Å². The monoisotopic (exact) mass is 302 g/mol. The van der Waals surface area contributed by atoms with Gasteiger partial charge in [0, 0.05) is 23.8 Å². The normalized spacial score (nSPS) is 11.0. The number of nitriles is 1. The van der Waals surface area contributed by atoms with Crippen LogP contribution in [0.25, 0.3) is 17.4 Å². The SMILES string of the molecule is N#C/C(C=O)=C\c1ccc(-c2ccc([N+](=O)[O-])cc2Cl)o1. The van der Waals surface area contributed by atoms with Crippen LogP contribution in [0, 0.1) is 21.4 Å². The van der Waals surface area contributed by atoms with Gasteiger partial charge in [0.25, 0.3) is 5.69 Å². The first-order chi connectivity index (χ1) is 10.0. The molecule has 0 aliphatic carbocycles. The van der Waals surface area contributed by atoms with Crippen molar-refractivity contribution in [1.29, 1.82) is 5.26 Å². The van der Waals surface area contributed by atoms with Gasteiger partial charge in [-0.2, -0.15) is 5.26 Å². The zero-order valence-corrected chi connectivity index (χ0v) is 11.2. The molecule has 0 spiro atoms. The molecule has 2 rings (SSSR count). The van der Waals surface area contributed by atoms with Crippen molar-refractivity contribution in [3.8, 4) is 17.4 Å². The van der Waals surface area contributed by atoms with Gasteiger partial charge in [-0.15, -0.1) is 0 Å². The van der Waals surface area contributed by atoms with Crippen LogP contribution in [-0.4, -0.2) is 11.2 Å². The summed E-state index contributed by atoms with van der Waals surface area (Å²) in [6.45, 7) is 0. The molecule has 0 aliphatic heterocycles. The number of halogens is 1. The third-order valence-corrected chi connectivity index (χ3v) is 2.92. The second-order valence-electron chi connectivity index (χ2n) is 3.95. The minimum absolute atomic E-state index is 0.0781. The lowest BCUT2D eigenvalue weighted by Gasteiger charge is -2.00. The van der Waals surface area contributed by atoms with Gasteiger partial charge in [0.15, 0.2) is 6.29 Å². The van der Waals surface area contributed by atoms with E-state index in [0.717, 1.165) is 0 Å². The summed E-state index contributed by atoms with van der Waals surface area (Å²) in [4.78, 5) is 20.7. The molecule has 0 fully saturated rings. The van der Waals surface area contributed by atoms with Gasteiger partial charge in [-0.05, 0) is 18.2 Å². The lowest BCUT2D eigenvalue weighted by atomic mass is 10.1. The molecule has 1 aromatic heterocycles. The standard InChI is InChI=1S/C14H7ClN2O4/c15-13-6-10(17(19)20)1-3-12(13)14-4-2-11(21-14)5-9(7-16)8-18/h1-6,8H/b9-5+. The molecule has 0 saturated carbocycles. The molecule has 0 bridgehead atoms. The van der Waals surface area contributed by atoms with E-state index in [1.165, 1.54) is 24.3 Å². The van der Waals surface area contributed by atoms with Crippen molar-refractivity contribution in [1.82, 2.24) is 0 Å². The van der Waals surface area contributed by atoms with Crippen LogP contribution in [0.4, 0.5) is 5.69 Å². The molecule has 2 aromatic rings. The Balaban J connectivity index is 2.39. The second kappa shape index (κ2) is 6.03. The van der Waals surface area contributed by atoms with Crippen LogP contribution in [-0.2, 0) is 4.79 Å². The number of non-ortho nitro benzene ring substituents is 1. The summed E-state index contributed by atoms with van der Waals surface area (Å²) in [6.07, 6.45) is 1.71. The number of nitrogens with zero attached hydrogens (tertiary/aromatic N) is 2. The highest BCUT2D eigenvalue weighted by Crippen LogP contribution is 2.32. The van der Waals surface area contributed by atoms with Crippen molar-refractivity contribution in [3.63, 3.8) is 0 Å². The summed E-state index contributed by atoms with van der Waals surface area (Å²) in [5, 5.41) is 19.5. The lowest BCUT2D eigenvalue weighted by Crippen LogP contribution is -1.88. The summed E-state index contributed by atoms with van der Waals surface area (Å²) in [5.74, 6) is 0.687. The Labute approximate surface area is 124 Å². The first-order valence-corrected chi connectivity index (χ1v) is 6.04. The van der Waals surface area contributed by atoms with Gasteiger partial charge in [-0.3, -0.25) is 14.9 Å². The Morgan fingerprint density at radius 2 is 2.14 bits per heavy atom. The molecule has 7 heteroatoms. The summed E-state index contributed by atoms with van der Waals surface area (Å²) < 4.78 is 5.44. The van der Waals surface area contributed by atoms with Crippen LogP contribution in [0.3, 0.4) is 0 Å². The maximum atomic E-state index is 10.6. The van der Waals surface area contributed by atoms with Crippen molar-refractivity contribution < 1.29 is 14.1 Å². The highest BCUT2D eigenvalue weighted by molar-refractivity contribution is 6.33. The van der Waals surface area contributed by atoms with Crippen molar-refractivity contribution in [2.24, 2.45) is 0 Å². The average Bonchev–Trinajstić information content (AvgIpc) is 2.92. The fourth-order valence-corrected chi connectivity index (χ4v) is 1.91. The molecular weight excluding hydrogens is 296 g/mol. The van der Waals surface area contributed by atoms with E-state index in [0.29, 0.717) is 23.4 Å². The van der Waals surface area contributed by atoms with Gasteiger partial charge in [0.2, 0.25) is 0 Å². The van der Waals surface area contributed by atoms with Gasteiger partial charge in [-0.1, -0.05) is 11.6 Å². The first-order valence-electron chi connectivity index (χ1n) is 5.66. The molecule has 0 amide bonds. The Bertz CT molecular complexity index is 787. The number of allylic oxidation sites excluding steroid dienone is 1. The molecular formula is C14H7ClN2O4. The second-order valence-corrected chi connectivity index (χ2v) is 4.36. The molecule has 0 radical (unpaired) electrons. The maximum Gasteiger partial charge on any atom is 0.270 e. The fraction of sp³-hybridized carbons (Fsp3) is 0. The smallest absolute Gasteiger partial charge is 0.270 e. The number of hydrogen-bond acceptors (Lipinski definition) is 5. The topological polar surface area (TPSA) is 97.1 Å². The Morgan fingerprint density at radius 3 is 2.71 bits per heavy atom. The highest BCUT2D eigenvalue weighted by Gasteiger charge is 2.13. The zero-order valence-electron chi connectivity index (χ0n) is 10.4. The number of furan rings is 1. The van der Waals surface area contributed by atoms with Crippen molar-refractivity contribution in [3.05, 3.63) is 56.8 Å². The van der Waals surface area contributed by atoms with Crippen LogP contribution >= 0.6 is 11.6 Å².